The maximum atomic E-state index is 14.0. The molecule has 1 atom stereocenters. The maximum Gasteiger partial charge on any atom is 0.276 e. The van der Waals surface area contributed by atoms with Crippen LogP contribution in [0.15, 0.2) is 36.4 Å². The summed E-state index contributed by atoms with van der Waals surface area (Å²) in [4.78, 5) is 36.9. The number of para-hydroxylation sites is 1. The van der Waals surface area contributed by atoms with E-state index in [0.29, 0.717) is 11.3 Å². The number of hydrogen-bond acceptors (Lipinski definition) is 6. The van der Waals surface area contributed by atoms with Crippen LogP contribution in [0.2, 0.25) is 0 Å². The summed E-state index contributed by atoms with van der Waals surface area (Å²) < 4.78 is 24.3. The molecule has 164 valence electrons. The smallest absolute Gasteiger partial charge is 0.276 e. The minimum Gasteiger partial charge on any atom is -0.493 e. The van der Waals surface area contributed by atoms with Crippen LogP contribution >= 0.6 is 0 Å². The van der Waals surface area contributed by atoms with E-state index in [0.717, 1.165) is 0 Å². The number of nitrogens with zero attached hydrogens (tertiary/aromatic N) is 2. The third kappa shape index (κ3) is 4.73. The molecule has 1 aliphatic rings. The molecule has 0 aromatic heterocycles. The molecule has 0 radical (unpaired) electrons. The number of nitro benzene ring substituents is 1. The van der Waals surface area contributed by atoms with Gasteiger partial charge >= 0.3 is 0 Å². The second-order valence-electron chi connectivity index (χ2n) is 6.99. The molecule has 31 heavy (non-hydrogen) atoms. The molecule has 1 unspecified atom stereocenters. The number of amides is 2. The number of nitro groups is 1. The molecule has 1 saturated heterocycles. The van der Waals surface area contributed by atoms with E-state index in [1.165, 1.54) is 49.5 Å². The zero-order valence-electron chi connectivity index (χ0n) is 17.1. The van der Waals surface area contributed by atoms with Gasteiger partial charge < -0.3 is 19.7 Å². The molecule has 0 spiro atoms. The van der Waals surface area contributed by atoms with Crippen LogP contribution in [0, 0.1) is 21.8 Å². The Balaban J connectivity index is 1.64. The van der Waals surface area contributed by atoms with Gasteiger partial charge in [0.05, 0.1) is 36.8 Å². The summed E-state index contributed by atoms with van der Waals surface area (Å²) in [6, 6.07) is 8.67. The van der Waals surface area contributed by atoms with E-state index in [2.05, 4.69) is 5.32 Å². The molecule has 1 aliphatic heterocycles. The first-order valence-corrected chi connectivity index (χ1v) is 9.57. The van der Waals surface area contributed by atoms with E-state index in [1.807, 2.05) is 0 Å². The summed E-state index contributed by atoms with van der Waals surface area (Å²) >= 11 is 0. The minimum atomic E-state index is -0.632. The summed E-state index contributed by atoms with van der Waals surface area (Å²) in [5.41, 5.74) is 0.371. The minimum absolute atomic E-state index is 0.0311. The number of anilines is 1. The number of benzene rings is 2. The van der Waals surface area contributed by atoms with Crippen molar-refractivity contribution < 1.29 is 28.4 Å². The second kappa shape index (κ2) is 9.41. The Morgan fingerprint density at radius 2 is 1.94 bits per heavy atom. The molecule has 0 bridgehead atoms. The molecule has 0 saturated carbocycles. The highest BCUT2D eigenvalue weighted by molar-refractivity contribution is 6.00. The van der Waals surface area contributed by atoms with E-state index in [9.17, 15) is 24.1 Å². The standard InChI is InChI=1S/C21H22FN3O6/c1-30-18-9-13(17(25(28)29)11-19(18)31-2)7-8-23-21(27)14-10-20(26)24(12-14)16-6-4-3-5-15(16)22/h3-6,9,11,14H,7-8,10,12H2,1-2H3,(H,23,27). The number of carbonyl (C=O) groups is 2. The lowest BCUT2D eigenvalue weighted by atomic mass is 10.1. The average Bonchev–Trinajstić information content (AvgIpc) is 3.14. The first-order valence-electron chi connectivity index (χ1n) is 9.57. The molecule has 0 aliphatic carbocycles. The number of halogens is 1. The van der Waals surface area contributed by atoms with Crippen LogP contribution in [0.1, 0.15) is 12.0 Å². The number of rotatable bonds is 8. The van der Waals surface area contributed by atoms with Crippen molar-refractivity contribution in [3.63, 3.8) is 0 Å². The first-order chi connectivity index (χ1) is 14.8. The van der Waals surface area contributed by atoms with Gasteiger partial charge in [-0.1, -0.05) is 12.1 Å². The molecule has 10 heteroatoms. The fourth-order valence-corrected chi connectivity index (χ4v) is 3.53. The van der Waals surface area contributed by atoms with Crippen LogP contribution in [0.5, 0.6) is 11.5 Å². The summed E-state index contributed by atoms with van der Waals surface area (Å²) in [6.07, 6.45) is 0.150. The molecule has 1 fully saturated rings. The number of methoxy groups -OCH3 is 2. The highest BCUT2D eigenvalue weighted by Gasteiger charge is 2.36. The van der Waals surface area contributed by atoms with Crippen LogP contribution in [0.3, 0.4) is 0 Å². The first kappa shape index (κ1) is 22.0. The van der Waals surface area contributed by atoms with Gasteiger partial charge in [0.2, 0.25) is 11.8 Å². The van der Waals surface area contributed by atoms with E-state index < -0.39 is 16.7 Å². The zero-order chi connectivity index (χ0) is 22.5. The van der Waals surface area contributed by atoms with Crippen molar-refractivity contribution in [3.05, 3.63) is 57.9 Å². The van der Waals surface area contributed by atoms with Gasteiger partial charge in [0, 0.05) is 25.1 Å². The van der Waals surface area contributed by atoms with Crippen molar-refractivity contribution in [2.75, 3.05) is 32.2 Å². The molecule has 1 heterocycles. The maximum absolute atomic E-state index is 14.0. The Morgan fingerprint density at radius 3 is 2.58 bits per heavy atom. The summed E-state index contributed by atoms with van der Waals surface area (Å²) in [5, 5.41) is 14.1. The van der Waals surface area contributed by atoms with Crippen molar-refractivity contribution in [1.82, 2.24) is 5.32 Å². The highest BCUT2D eigenvalue weighted by atomic mass is 19.1. The topological polar surface area (TPSA) is 111 Å². The van der Waals surface area contributed by atoms with Crippen LogP contribution in [0.25, 0.3) is 0 Å². The van der Waals surface area contributed by atoms with Crippen LogP contribution in [-0.4, -0.2) is 44.0 Å². The van der Waals surface area contributed by atoms with Gasteiger partial charge in [0.15, 0.2) is 11.5 Å². The quantitative estimate of drug-likeness (QED) is 0.508. The molecule has 9 nitrogen and oxygen atoms in total. The lowest BCUT2D eigenvalue weighted by molar-refractivity contribution is -0.385. The predicted molar refractivity (Wildman–Crippen MR) is 110 cm³/mol. The summed E-state index contributed by atoms with van der Waals surface area (Å²) in [6.45, 7) is 0.196. The molecule has 2 amide bonds. The fraction of sp³-hybridized carbons (Fsp3) is 0.333. The van der Waals surface area contributed by atoms with Gasteiger partial charge in [-0.3, -0.25) is 19.7 Å². The Kier molecular flexibility index (Phi) is 6.68. The molecular formula is C21H22FN3O6. The molecular weight excluding hydrogens is 409 g/mol. The monoisotopic (exact) mass is 431 g/mol. The van der Waals surface area contributed by atoms with Crippen molar-refractivity contribution in [2.45, 2.75) is 12.8 Å². The lowest BCUT2D eigenvalue weighted by Gasteiger charge is -2.17. The van der Waals surface area contributed by atoms with Gasteiger partial charge in [0.1, 0.15) is 5.82 Å². The van der Waals surface area contributed by atoms with Crippen molar-refractivity contribution in [2.24, 2.45) is 5.92 Å². The van der Waals surface area contributed by atoms with Gasteiger partial charge in [0.25, 0.3) is 5.69 Å². The Hall–Kier alpha value is -3.69. The van der Waals surface area contributed by atoms with Gasteiger partial charge in [-0.05, 0) is 24.6 Å². The Labute approximate surface area is 177 Å². The van der Waals surface area contributed by atoms with Gasteiger partial charge in [-0.25, -0.2) is 4.39 Å². The number of ether oxygens (including phenoxy) is 2. The van der Waals surface area contributed by atoms with Crippen molar-refractivity contribution in [1.29, 1.82) is 0 Å². The van der Waals surface area contributed by atoms with E-state index in [4.69, 9.17) is 9.47 Å². The normalized spacial score (nSPS) is 15.6. The van der Waals surface area contributed by atoms with E-state index in [1.54, 1.807) is 6.07 Å². The van der Waals surface area contributed by atoms with Gasteiger partial charge in [-0.15, -0.1) is 0 Å². The number of carbonyl (C=O) groups excluding carboxylic acids is 2. The Bertz CT molecular complexity index is 1010. The second-order valence-corrected chi connectivity index (χ2v) is 6.99. The fourth-order valence-electron chi connectivity index (χ4n) is 3.53. The summed E-state index contributed by atoms with van der Waals surface area (Å²) in [7, 11) is 2.81. The SMILES string of the molecule is COc1cc(CCNC(=O)C2CC(=O)N(c3ccccc3F)C2)c([N+](=O)[O-])cc1OC. The van der Waals surface area contributed by atoms with Crippen LogP contribution in [0.4, 0.5) is 15.8 Å². The number of hydrogen-bond donors (Lipinski definition) is 1. The average molecular weight is 431 g/mol. The molecule has 1 N–H and O–H groups in total. The van der Waals surface area contributed by atoms with Crippen molar-refractivity contribution >= 4 is 23.2 Å². The molecule has 2 aromatic rings. The number of nitrogens with one attached hydrogen (secondary N) is 1. The molecule has 3 rings (SSSR count). The zero-order valence-corrected chi connectivity index (χ0v) is 17.1. The summed E-state index contributed by atoms with van der Waals surface area (Å²) in [5.74, 6) is -1.28. The van der Waals surface area contributed by atoms with E-state index in [-0.39, 0.29) is 54.9 Å². The lowest BCUT2D eigenvalue weighted by Crippen LogP contribution is -2.34. The van der Waals surface area contributed by atoms with Crippen LogP contribution in [-0.2, 0) is 16.0 Å². The molecule has 2 aromatic carbocycles. The largest absolute Gasteiger partial charge is 0.493 e. The van der Waals surface area contributed by atoms with Gasteiger partial charge in [-0.2, -0.15) is 0 Å². The Morgan fingerprint density at radius 1 is 1.26 bits per heavy atom. The highest BCUT2D eigenvalue weighted by Crippen LogP contribution is 2.34. The van der Waals surface area contributed by atoms with E-state index >= 15 is 0 Å². The van der Waals surface area contributed by atoms with Crippen LogP contribution < -0.4 is 19.7 Å². The third-order valence-electron chi connectivity index (χ3n) is 5.11. The third-order valence-corrected chi connectivity index (χ3v) is 5.11. The van der Waals surface area contributed by atoms with Crippen molar-refractivity contribution in [3.8, 4) is 11.5 Å². The predicted octanol–water partition coefficient (Wildman–Crippen LogP) is 2.46.